The third kappa shape index (κ3) is 8.45. The average Bonchev–Trinajstić information content (AvgIpc) is 2.62. The highest BCUT2D eigenvalue weighted by molar-refractivity contribution is 5.94. The first-order valence-electron chi connectivity index (χ1n) is 8.95. The Bertz CT molecular complexity index is 677. The predicted molar refractivity (Wildman–Crippen MR) is 99.5 cm³/mol. The Morgan fingerprint density at radius 2 is 1.79 bits per heavy atom. The van der Waals surface area contributed by atoms with Gasteiger partial charge in [-0.2, -0.15) is 0 Å². The number of carboxylic acid groups (broad SMARTS) is 2. The highest BCUT2D eigenvalue weighted by Crippen LogP contribution is 2.15. The van der Waals surface area contributed by atoms with E-state index in [1.807, 2.05) is 0 Å². The first kappa shape index (κ1) is 23.7. The van der Waals surface area contributed by atoms with Crippen molar-refractivity contribution in [2.24, 2.45) is 16.5 Å². The van der Waals surface area contributed by atoms with Crippen molar-refractivity contribution >= 4 is 35.6 Å². The minimum atomic E-state index is -1.32. The number of carboxylic acids is 2. The van der Waals surface area contributed by atoms with Crippen LogP contribution in [-0.2, 0) is 24.0 Å². The monoisotopic (exact) mass is 414 g/mol. The maximum atomic E-state index is 12.4. The summed E-state index contributed by atoms with van der Waals surface area (Å²) in [5.74, 6) is -4.32. The summed E-state index contributed by atoms with van der Waals surface area (Å²) >= 11 is 0. The van der Waals surface area contributed by atoms with Crippen LogP contribution in [0.2, 0.25) is 0 Å². The second-order valence-corrected chi connectivity index (χ2v) is 6.39. The molecule has 0 aromatic heterocycles. The molecular weight excluding hydrogens is 388 g/mol. The molecule has 1 rings (SSSR count). The van der Waals surface area contributed by atoms with Crippen molar-refractivity contribution in [3.8, 4) is 0 Å². The third-order valence-electron chi connectivity index (χ3n) is 4.14. The lowest BCUT2D eigenvalue weighted by Gasteiger charge is -2.39. The molecule has 0 unspecified atom stereocenters. The summed E-state index contributed by atoms with van der Waals surface area (Å²) in [5, 5.41) is 20.3. The summed E-state index contributed by atoms with van der Waals surface area (Å²) in [7, 11) is 0. The van der Waals surface area contributed by atoms with Gasteiger partial charge in [-0.05, 0) is 12.8 Å². The Balaban J connectivity index is 2.56. The van der Waals surface area contributed by atoms with Crippen molar-refractivity contribution in [3.05, 3.63) is 0 Å². The number of rotatable bonds is 11. The van der Waals surface area contributed by atoms with Crippen LogP contribution in [0.25, 0.3) is 0 Å². The second kappa shape index (κ2) is 11.5. The molecule has 0 spiro atoms. The maximum absolute atomic E-state index is 12.4. The standard InChI is InChI=1S/C16H26N6O7/c17-16(18)19-4-2-1-3-11(23)20-8-12(24)22-6-5-21(9-14(27)28)15(29)10(22)7-13(25)26/h10H,1-9H2,(H,20,23)(H,25,26)(H,27,28)(H4,17,18,19)/t10-/m0/s1. The van der Waals surface area contributed by atoms with Gasteiger partial charge in [0.1, 0.15) is 12.6 Å². The average molecular weight is 414 g/mol. The molecule has 13 heteroatoms. The van der Waals surface area contributed by atoms with E-state index >= 15 is 0 Å². The van der Waals surface area contributed by atoms with Crippen LogP contribution in [0.3, 0.4) is 0 Å². The number of aliphatic imine (C=N–C) groups is 1. The lowest BCUT2D eigenvalue weighted by atomic mass is 10.1. The van der Waals surface area contributed by atoms with Gasteiger partial charge in [-0.15, -0.1) is 0 Å². The quantitative estimate of drug-likeness (QED) is 0.134. The number of nitrogens with one attached hydrogen (secondary N) is 1. The minimum absolute atomic E-state index is 0.0236. The number of amides is 3. The van der Waals surface area contributed by atoms with Crippen LogP contribution in [0.4, 0.5) is 0 Å². The van der Waals surface area contributed by atoms with Crippen LogP contribution in [0, 0.1) is 0 Å². The summed E-state index contributed by atoms with van der Waals surface area (Å²) in [6.45, 7) is -0.646. The van der Waals surface area contributed by atoms with Gasteiger partial charge in [0.2, 0.25) is 17.7 Å². The van der Waals surface area contributed by atoms with Crippen molar-refractivity contribution in [1.29, 1.82) is 0 Å². The molecule has 0 aliphatic carbocycles. The number of piperazine rings is 1. The van der Waals surface area contributed by atoms with Gasteiger partial charge in [-0.1, -0.05) is 0 Å². The number of hydrogen-bond acceptors (Lipinski definition) is 6. The molecule has 29 heavy (non-hydrogen) atoms. The zero-order chi connectivity index (χ0) is 22.0. The predicted octanol–water partition coefficient (Wildman–Crippen LogP) is -2.85. The number of carbonyl (C=O) groups is 5. The molecule has 3 amide bonds. The third-order valence-corrected chi connectivity index (χ3v) is 4.14. The van der Waals surface area contributed by atoms with Gasteiger partial charge in [-0.3, -0.25) is 29.0 Å². The van der Waals surface area contributed by atoms with Gasteiger partial charge in [0.25, 0.3) is 0 Å². The van der Waals surface area contributed by atoms with Crippen LogP contribution < -0.4 is 16.8 Å². The molecule has 13 nitrogen and oxygen atoms in total. The smallest absolute Gasteiger partial charge is 0.323 e. The van der Waals surface area contributed by atoms with Crippen molar-refractivity contribution in [2.45, 2.75) is 31.7 Å². The Hall–Kier alpha value is -3.38. The Morgan fingerprint density at radius 3 is 2.38 bits per heavy atom. The van der Waals surface area contributed by atoms with Crippen LogP contribution >= 0.6 is 0 Å². The van der Waals surface area contributed by atoms with E-state index in [4.69, 9.17) is 21.7 Å². The van der Waals surface area contributed by atoms with Gasteiger partial charge in [-0.25, -0.2) is 0 Å². The first-order valence-corrected chi connectivity index (χ1v) is 8.95. The van der Waals surface area contributed by atoms with Gasteiger partial charge in [0.05, 0.1) is 13.0 Å². The fourth-order valence-electron chi connectivity index (χ4n) is 2.79. The summed E-state index contributed by atoms with van der Waals surface area (Å²) in [5.41, 5.74) is 10.4. The normalized spacial score (nSPS) is 16.3. The zero-order valence-corrected chi connectivity index (χ0v) is 15.9. The SMILES string of the molecule is NC(N)=NCCCCC(=O)NCC(=O)N1CCN(CC(=O)O)C(=O)[C@@H]1CC(=O)O. The van der Waals surface area contributed by atoms with Crippen molar-refractivity contribution in [3.63, 3.8) is 0 Å². The fraction of sp³-hybridized carbons (Fsp3) is 0.625. The molecular formula is C16H26N6O7. The van der Waals surface area contributed by atoms with Crippen LogP contribution in [0.5, 0.6) is 0 Å². The molecule has 0 radical (unpaired) electrons. The number of carbonyl (C=O) groups excluding carboxylic acids is 3. The van der Waals surface area contributed by atoms with Crippen LogP contribution in [-0.4, -0.2) is 94.4 Å². The van der Waals surface area contributed by atoms with Gasteiger partial charge >= 0.3 is 11.9 Å². The van der Waals surface area contributed by atoms with Crippen molar-refractivity contribution in [1.82, 2.24) is 15.1 Å². The Kier molecular flexibility index (Phi) is 9.35. The van der Waals surface area contributed by atoms with Crippen LogP contribution in [0.1, 0.15) is 25.7 Å². The first-order chi connectivity index (χ1) is 13.6. The summed E-state index contributed by atoms with van der Waals surface area (Å²) in [6, 6.07) is -1.32. The molecule has 0 saturated carbocycles. The number of unbranched alkanes of at least 4 members (excludes halogenated alkanes) is 1. The molecule has 7 N–H and O–H groups in total. The Labute approximate surface area is 166 Å². The van der Waals surface area contributed by atoms with E-state index in [0.717, 1.165) is 9.80 Å². The molecule has 1 saturated heterocycles. The number of nitrogens with zero attached hydrogens (tertiary/aromatic N) is 3. The van der Waals surface area contributed by atoms with Gasteiger partial charge < -0.3 is 36.8 Å². The molecule has 0 bridgehead atoms. The largest absolute Gasteiger partial charge is 0.481 e. The second-order valence-electron chi connectivity index (χ2n) is 6.39. The molecule has 162 valence electrons. The molecule has 1 aliphatic heterocycles. The minimum Gasteiger partial charge on any atom is -0.481 e. The van der Waals surface area contributed by atoms with E-state index in [1.165, 1.54) is 0 Å². The topological polar surface area (TPSA) is 209 Å². The van der Waals surface area contributed by atoms with Gasteiger partial charge in [0.15, 0.2) is 5.96 Å². The summed E-state index contributed by atoms with van der Waals surface area (Å²) < 4.78 is 0. The lowest BCUT2D eigenvalue weighted by molar-refractivity contribution is -0.158. The summed E-state index contributed by atoms with van der Waals surface area (Å²) in [6.07, 6.45) is 0.585. The molecule has 0 aromatic carbocycles. The zero-order valence-electron chi connectivity index (χ0n) is 15.9. The van der Waals surface area contributed by atoms with Crippen LogP contribution in [0.15, 0.2) is 4.99 Å². The number of guanidine groups is 1. The maximum Gasteiger partial charge on any atom is 0.323 e. The lowest BCUT2D eigenvalue weighted by Crippen LogP contribution is -2.61. The number of aliphatic carboxylic acids is 2. The van der Waals surface area contributed by atoms with E-state index in [1.54, 1.807) is 0 Å². The molecule has 1 aliphatic rings. The van der Waals surface area contributed by atoms with E-state index < -0.39 is 49.3 Å². The van der Waals surface area contributed by atoms with E-state index in [-0.39, 0.29) is 31.4 Å². The highest BCUT2D eigenvalue weighted by Gasteiger charge is 2.39. The van der Waals surface area contributed by atoms with Crippen molar-refractivity contribution in [2.75, 3.05) is 32.7 Å². The molecule has 1 heterocycles. The summed E-state index contributed by atoms with van der Waals surface area (Å²) in [4.78, 5) is 64.4. The highest BCUT2D eigenvalue weighted by atomic mass is 16.4. The van der Waals surface area contributed by atoms with E-state index in [9.17, 15) is 24.0 Å². The van der Waals surface area contributed by atoms with Gasteiger partial charge in [0, 0.05) is 26.1 Å². The van der Waals surface area contributed by atoms with Crippen molar-refractivity contribution < 1.29 is 34.2 Å². The Morgan fingerprint density at radius 1 is 1.10 bits per heavy atom. The molecule has 1 fully saturated rings. The molecule has 1 atom stereocenters. The van der Waals surface area contributed by atoms with E-state index in [2.05, 4.69) is 10.3 Å². The molecule has 0 aromatic rings. The number of nitrogens with two attached hydrogens (primary N) is 2. The fourth-order valence-corrected chi connectivity index (χ4v) is 2.79. The van der Waals surface area contributed by atoms with E-state index in [0.29, 0.717) is 19.4 Å². The number of hydrogen-bond donors (Lipinski definition) is 5.